The Hall–Kier alpha value is -1.14. The number of amides is 1. The van der Waals surface area contributed by atoms with Crippen LogP contribution in [0.4, 0.5) is 0 Å². The molecule has 1 atom stereocenters. The van der Waals surface area contributed by atoms with Crippen LogP contribution >= 0.6 is 0 Å². The normalized spacial score (nSPS) is 28.6. The summed E-state index contributed by atoms with van der Waals surface area (Å²) in [6.07, 6.45) is 2.53. The van der Waals surface area contributed by atoms with Crippen LogP contribution in [0.15, 0.2) is 0 Å². The first-order valence-electron chi connectivity index (χ1n) is 6.85. The van der Waals surface area contributed by atoms with Gasteiger partial charge in [0.25, 0.3) is 0 Å². The summed E-state index contributed by atoms with van der Waals surface area (Å²) < 4.78 is 5.61. The number of ether oxygens (including phenoxy) is 1. The number of piperidine rings is 1. The van der Waals surface area contributed by atoms with Crippen molar-refractivity contribution in [3.05, 3.63) is 0 Å². The van der Waals surface area contributed by atoms with E-state index in [-0.39, 0.29) is 25.2 Å². The van der Waals surface area contributed by atoms with Crippen molar-refractivity contribution in [1.82, 2.24) is 10.2 Å². The van der Waals surface area contributed by atoms with Gasteiger partial charge in [0, 0.05) is 13.1 Å². The average molecular weight is 270 g/mol. The van der Waals surface area contributed by atoms with Crippen molar-refractivity contribution >= 4 is 11.9 Å². The number of hydrogen-bond donors (Lipinski definition) is 2. The Morgan fingerprint density at radius 3 is 2.68 bits per heavy atom. The minimum absolute atomic E-state index is 0.0698. The van der Waals surface area contributed by atoms with Crippen molar-refractivity contribution in [2.24, 2.45) is 5.41 Å². The van der Waals surface area contributed by atoms with Gasteiger partial charge in [-0.2, -0.15) is 0 Å². The van der Waals surface area contributed by atoms with Crippen LogP contribution in [0.25, 0.3) is 0 Å². The van der Waals surface area contributed by atoms with Gasteiger partial charge < -0.3 is 20.1 Å². The summed E-state index contributed by atoms with van der Waals surface area (Å²) in [6.45, 7) is 4.42. The third kappa shape index (κ3) is 3.45. The van der Waals surface area contributed by atoms with E-state index < -0.39 is 11.4 Å². The summed E-state index contributed by atoms with van der Waals surface area (Å²) in [5, 5.41) is 12.4. The lowest BCUT2D eigenvalue weighted by atomic mass is 9.90. The zero-order chi connectivity index (χ0) is 13.9. The molecule has 108 valence electrons. The molecule has 0 aliphatic carbocycles. The van der Waals surface area contributed by atoms with Crippen LogP contribution < -0.4 is 5.32 Å². The molecular weight excluding hydrogens is 248 g/mol. The first-order chi connectivity index (χ1) is 9.01. The van der Waals surface area contributed by atoms with Gasteiger partial charge in [-0.1, -0.05) is 0 Å². The van der Waals surface area contributed by atoms with Gasteiger partial charge in [-0.3, -0.25) is 9.59 Å². The molecule has 2 fully saturated rings. The molecule has 0 aromatic carbocycles. The Morgan fingerprint density at radius 2 is 2.11 bits per heavy atom. The lowest BCUT2D eigenvalue weighted by Gasteiger charge is -2.24. The van der Waals surface area contributed by atoms with Crippen molar-refractivity contribution in [2.45, 2.75) is 32.3 Å². The second-order valence-corrected chi connectivity index (χ2v) is 5.69. The summed E-state index contributed by atoms with van der Waals surface area (Å²) in [5.74, 6) is -0.925. The van der Waals surface area contributed by atoms with Crippen molar-refractivity contribution in [2.75, 3.05) is 32.8 Å². The van der Waals surface area contributed by atoms with E-state index in [1.54, 1.807) is 11.8 Å². The van der Waals surface area contributed by atoms with Crippen LogP contribution in [0.1, 0.15) is 26.2 Å². The van der Waals surface area contributed by atoms with Gasteiger partial charge in [0.05, 0.1) is 11.5 Å². The number of hydrogen-bond acceptors (Lipinski definition) is 4. The Balaban J connectivity index is 1.76. The van der Waals surface area contributed by atoms with Crippen LogP contribution in [-0.2, 0) is 14.3 Å². The quantitative estimate of drug-likeness (QED) is 0.756. The minimum atomic E-state index is -0.831. The highest BCUT2D eigenvalue weighted by Crippen LogP contribution is 2.30. The van der Waals surface area contributed by atoms with Crippen molar-refractivity contribution in [3.8, 4) is 0 Å². The minimum Gasteiger partial charge on any atom is -0.481 e. The molecule has 2 aliphatic rings. The molecular formula is C13H22N2O4. The van der Waals surface area contributed by atoms with Gasteiger partial charge in [-0.25, -0.2) is 0 Å². The van der Waals surface area contributed by atoms with E-state index in [0.29, 0.717) is 13.0 Å². The summed E-state index contributed by atoms with van der Waals surface area (Å²) in [7, 11) is 0. The standard InChI is InChI=1S/C13H22N2O4/c1-13(12(17)18)4-7-15(9-13)11(16)8-19-10-2-5-14-6-3-10/h10,14H,2-9H2,1H3,(H,17,18). The smallest absolute Gasteiger partial charge is 0.311 e. The zero-order valence-electron chi connectivity index (χ0n) is 11.4. The monoisotopic (exact) mass is 270 g/mol. The van der Waals surface area contributed by atoms with Crippen LogP contribution in [-0.4, -0.2) is 60.8 Å². The number of carboxylic acids is 1. The highest BCUT2D eigenvalue weighted by atomic mass is 16.5. The summed E-state index contributed by atoms with van der Waals surface area (Å²) in [5.41, 5.74) is -0.801. The second kappa shape index (κ2) is 5.88. The lowest BCUT2D eigenvalue weighted by molar-refractivity contribution is -0.147. The van der Waals surface area contributed by atoms with Crippen LogP contribution in [0.2, 0.25) is 0 Å². The molecule has 0 saturated carbocycles. The molecule has 0 spiro atoms. The molecule has 0 aromatic heterocycles. The fourth-order valence-electron chi connectivity index (χ4n) is 2.59. The highest BCUT2D eigenvalue weighted by molar-refractivity contribution is 5.81. The molecule has 0 bridgehead atoms. The Morgan fingerprint density at radius 1 is 1.42 bits per heavy atom. The zero-order valence-corrected chi connectivity index (χ0v) is 11.4. The molecule has 19 heavy (non-hydrogen) atoms. The molecule has 0 radical (unpaired) electrons. The van der Waals surface area contributed by atoms with E-state index in [1.165, 1.54) is 0 Å². The van der Waals surface area contributed by atoms with Crippen molar-refractivity contribution in [3.63, 3.8) is 0 Å². The van der Waals surface area contributed by atoms with E-state index >= 15 is 0 Å². The van der Waals surface area contributed by atoms with Crippen LogP contribution in [0.3, 0.4) is 0 Å². The van der Waals surface area contributed by atoms with Gasteiger partial charge in [0.2, 0.25) is 5.91 Å². The number of carboxylic acid groups (broad SMARTS) is 1. The van der Waals surface area contributed by atoms with Gasteiger partial charge in [0.15, 0.2) is 0 Å². The van der Waals surface area contributed by atoms with Crippen molar-refractivity contribution in [1.29, 1.82) is 0 Å². The second-order valence-electron chi connectivity index (χ2n) is 5.69. The predicted molar refractivity (Wildman–Crippen MR) is 68.8 cm³/mol. The number of likely N-dealkylation sites (tertiary alicyclic amines) is 1. The molecule has 6 heteroatoms. The predicted octanol–water partition coefficient (Wildman–Crippen LogP) is 0.0782. The van der Waals surface area contributed by atoms with Gasteiger partial charge >= 0.3 is 5.97 Å². The molecule has 2 aliphatic heterocycles. The maximum atomic E-state index is 12.0. The maximum Gasteiger partial charge on any atom is 0.311 e. The topological polar surface area (TPSA) is 78.9 Å². The molecule has 2 N–H and O–H groups in total. The number of aliphatic carboxylic acids is 1. The van der Waals surface area contributed by atoms with Gasteiger partial charge in [-0.15, -0.1) is 0 Å². The third-order valence-corrected chi connectivity index (χ3v) is 4.07. The first kappa shape index (κ1) is 14.3. The molecule has 6 nitrogen and oxygen atoms in total. The summed E-state index contributed by atoms with van der Waals surface area (Å²) in [4.78, 5) is 24.7. The highest BCUT2D eigenvalue weighted by Gasteiger charge is 2.42. The third-order valence-electron chi connectivity index (χ3n) is 4.07. The summed E-state index contributed by atoms with van der Waals surface area (Å²) >= 11 is 0. The van der Waals surface area contributed by atoms with Gasteiger partial charge in [-0.05, 0) is 39.3 Å². The van der Waals surface area contributed by atoms with E-state index in [4.69, 9.17) is 9.84 Å². The molecule has 1 unspecified atom stereocenters. The fourth-order valence-corrected chi connectivity index (χ4v) is 2.59. The Labute approximate surface area is 113 Å². The van der Waals surface area contributed by atoms with Crippen LogP contribution in [0, 0.1) is 5.41 Å². The van der Waals surface area contributed by atoms with Crippen molar-refractivity contribution < 1.29 is 19.4 Å². The Kier molecular flexibility index (Phi) is 4.42. The van der Waals surface area contributed by atoms with Gasteiger partial charge in [0.1, 0.15) is 6.61 Å². The Bertz CT molecular complexity index is 355. The number of rotatable bonds is 4. The number of nitrogens with one attached hydrogen (secondary N) is 1. The number of carbonyl (C=O) groups is 2. The largest absolute Gasteiger partial charge is 0.481 e. The van der Waals surface area contributed by atoms with Crippen LogP contribution in [0.5, 0.6) is 0 Å². The molecule has 0 aromatic rings. The van der Waals surface area contributed by atoms with E-state index in [1.807, 2.05) is 0 Å². The van der Waals surface area contributed by atoms with E-state index in [2.05, 4.69) is 5.32 Å². The maximum absolute atomic E-state index is 12.0. The average Bonchev–Trinajstić information content (AvgIpc) is 2.81. The molecule has 1 amide bonds. The first-order valence-corrected chi connectivity index (χ1v) is 6.85. The molecule has 2 saturated heterocycles. The molecule has 2 heterocycles. The number of carbonyl (C=O) groups excluding carboxylic acids is 1. The lowest BCUT2D eigenvalue weighted by Crippen LogP contribution is -2.39. The van der Waals surface area contributed by atoms with E-state index in [0.717, 1.165) is 25.9 Å². The SMILES string of the molecule is CC1(C(=O)O)CCN(C(=O)COC2CCNCC2)C1. The molecule has 2 rings (SSSR count). The van der Waals surface area contributed by atoms with E-state index in [9.17, 15) is 9.59 Å². The summed E-state index contributed by atoms with van der Waals surface area (Å²) in [6, 6.07) is 0. The fraction of sp³-hybridized carbons (Fsp3) is 0.846. The number of nitrogens with zero attached hydrogens (tertiary/aromatic N) is 1.